The van der Waals surface area contributed by atoms with Crippen molar-refractivity contribution in [3.8, 4) is 0 Å². The lowest BCUT2D eigenvalue weighted by molar-refractivity contribution is 0.0930. The van der Waals surface area contributed by atoms with Crippen LogP contribution in [0.15, 0.2) is 27.2 Å². The van der Waals surface area contributed by atoms with Gasteiger partial charge in [-0.25, -0.2) is 0 Å². The zero-order chi connectivity index (χ0) is 15.1. The Morgan fingerprint density at radius 3 is 2.71 bits per heavy atom. The van der Waals surface area contributed by atoms with Crippen molar-refractivity contribution in [2.75, 3.05) is 0 Å². The molecule has 1 amide bonds. The third kappa shape index (κ3) is 2.93. The van der Waals surface area contributed by atoms with Gasteiger partial charge in [0.25, 0.3) is 5.91 Å². The van der Waals surface area contributed by atoms with Crippen molar-refractivity contribution in [2.24, 2.45) is 0 Å². The first-order valence-corrected chi connectivity index (χ1v) is 8.00. The smallest absolute Gasteiger partial charge is 0.268 e. The lowest BCUT2D eigenvalue weighted by Crippen LogP contribution is -2.28. The van der Waals surface area contributed by atoms with Gasteiger partial charge >= 0.3 is 0 Å². The number of nitrogens with zero attached hydrogens (tertiary/aromatic N) is 1. The Balaban J connectivity index is 1.78. The molecule has 21 heavy (non-hydrogen) atoms. The highest BCUT2D eigenvalue weighted by atomic mass is 79.9. The van der Waals surface area contributed by atoms with Crippen LogP contribution in [0.5, 0.6) is 0 Å². The Morgan fingerprint density at radius 1 is 1.43 bits per heavy atom. The van der Waals surface area contributed by atoms with E-state index in [-0.39, 0.29) is 11.9 Å². The van der Waals surface area contributed by atoms with E-state index >= 15 is 0 Å². The fraction of sp³-hybridized carbons (Fsp3) is 0.438. The van der Waals surface area contributed by atoms with Crippen molar-refractivity contribution >= 4 is 21.8 Å². The highest BCUT2D eigenvalue weighted by Crippen LogP contribution is 2.37. The number of aromatic nitrogens is 1. The van der Waals surface area contributed by atoms with Crippen molar-refractivity contribution in [3.63, 3.8) is 0 Å². The molecule has 112 valence electrons. The molecule has 1 saturated carbocycles. The Bertz CT molecular complexity index is 683. The zero-order valence-electron chi connectivity index (χ0n) is 12.4. The molecule has 0 saturated heterocycles. The Hall–Kier alpha value is -1.49. The summed E-state index contributed by atoms with van der Waals surface area (Å²) in [6.45, 7) is 5.82. The number of carbonyl (C=O) groups is 1. The lowest BCUT2D eigenvalue weighted by Gasteiger charge is -2.14. The van der Waals surface area contributed by atoms with Crippen molar-refractivity contribution in [3.05, 3.63) is 45.6 Å². The molecule has 1 fully saturated rings. The fourth-order valence-corrected chi connectivity index (χ4v) is 3.15. The van der Waals surface area contributed by atoms with Crippen molar-refractivity contribution in [2.45, 2.75) is 45.7 Å². The minimum absolute atomic E-state index is 0.0432. The molecule has 0 aliphatic heterocycles. The van der Waals surface area contributed by atoms with Gasteiger partial charge in [-0.1, -0.05) is 0 Å². The first-order valence-electron chi connectivity index (χ1n) is 7.21. The molecule has 2 aromatic heterocycles. The molecule has 4 nitrogen and oxygen atoms in total. The van der Waals surface area contributed by atoms with Crippen LogP contribution in [-0.4, -0.2) is 10.5 Å². The largest absolute Gasteiger partial charge is 0.466 e. The second-order valence-corrected chi connectivity index (χ2v) is 6.66. The highest BCUT2D eigenvalue weighted by molar-refractivity contribution is 9.10. The van der Waals surface area contributed by atoms with Crippen molar-refractivity contribution in [1.29, 1.82) is 0 Å². The average Bonchev–Trinajstić information content (AvgIpc) is 3.09. The number of carbonyl (C=O) groups excluding carboxylic acids is 1. The first-order chi connectivity index (χ1) is 9.95. The summed E-state index contributed by atoms with van der Waals surface area (Å²) < 4.78 is 8.55. The molecule has 3 rings (SSSR count). The van der Waals surface area contributed by atoms with Crippen LogP contribution in [0, 0.1) is 13.8 Å². The minimum atomic E-state index is -0.0729. The lowest BCUT2D eigenvalue weighted by atomic mass is 10.1. The van der Waals surface area contributed by atoms with Crippen LogP contribution in [0.25, 0.3) is 0 Å². The molecule has 1 unspecified atom stereocenters. The number of nitrogens with one attached hydrogen (secondary N) is 1. The molecule has 0 bridgehead atoms. The molecule has 2 aromatic rings. The van der Waals surface area contributed by atoms with Crippen LogP contribution in [0.3, 0.4) is 0 Å². The van der Waals surface area contributed by atoms with E-state index in [1.807, 2.05) is 39.1 Å². The number of halogens is 1. The van der Waals surface area contributed by atoms with E-state index in [1.54, 1.807) is 0 Å². The molecule has 0 spiro atoms. The number of amides is 1. The zero-order valence-corrected chi connectivity index (χ0v) is 14.0. The molecule has 1 N–H and O–H groups in total. The summed E-state index contributed by atoms with van der Waals surface area (Å²) in [6.07, 6.45) is 4.29. The topological polar surface area (TPSA) is 47.2 Å². The van der Waals surface area contributed by atoms with Gasteiger partial charge in [0.2, 0.25) is 0 Å². The van der Waals surface area contributed by atoms with Crippen LogP contribution in [0.2, 0.25) is 0 Å². The van der Waals surface area contributed by atoms with Gasteiger partial charge in [-0.2, -0.15) is 0 Å². The summed E-state index contributed by atoms with van der Waals surface area (Å²) in [5.74, 6) is 1.69. The average molecular weight is 351 g/mol. The standard InChI is InChI=1S/C16H19BrN2O2/c1-9-6-14(11(3)21-9)10(2)18-16(20)15-7-12(17)8-19(15)13-4-5-13/h6-8,10,13H,4-5H2,1-3H3,(H,18,20). The maximum absolute atomic E-state index is 12.5. The SMILES string of the molecule is Cc1cc(C(C)NC(=O)c2cc(Br)cn2C2CC2)c(C)o1. The number of rotatable bonds is 4. The summed E-state index contributed by atoms with van der Waals surface area (Å²) in [6, 6.07) is 4.27. The molecular weight excluding hydrogens is 332 g/mol. The van der Waals surface area contributed by atoms with Crippen LogP contribution >= 0.6 is 15.9 Å². The normalized spacial score (nSPS) is 16.0. The van der Waals surface area contributed by atoms with Crippen LogP contribution in [-0.2, 0) is 0 Å². The summed E-state index contributed by atoms with van der Waals surface area (Å²) in [4.78, 5) is 12.5. The minimum Gasteiger partial charge on any atom is -0.466 e. The summed E-state index contributed by atoms with van der Waals surface area (Å²) in [5.41, 5.74) is 1.75. The summed E-state index contributed by atoms with van der Waals surface area (Å²) in [7, 11) is 0. The molecule has 0 aromatic carbocycles. The maximum Gasteiger partial charge on any atom is 0.268 e. The van der Waals surface area contributed by atoms with Crippen molar-refractivity contribution < 1.29 is 9.21 Å². The van der Waals surface area contributed by atoms with Crippen LogP contribution in [0.4, 0.5) is 0 Å². The Morgan fingerprint density at radius 2 is 2.14 bits per heavy atom. The predicted molar refractivity (Wildman–Crippen MR) is 84.5 cm³/mol. The Labute approximate surface area is 132 Å². The van der Waals surface area contributed by atoms with E-state index in [2.05, 4.69) is 25.8 Å². The second kappa shape index (κ2) is 5.37. The van der Waals surface area contributed by atoms with Gasteiger partial charge in [-0.3, -0.25) is 4.79 Å². The van der Waals surface area contributed by atoms with Crippen molar-refractivity contribution in [1.82, 2.24) is 9.88 Å². The molecule has 1 atom stereocenters. The van der Waals surface area contributed by atoms with Gasteiger partial charge in [0, 0.05) is 22.3 Å². The van der Waals surface area contributed by atoms with Gasteiger partial charge in [0.05, 0.1) is 6.04 Å². The van der Waals surface area contributed by atoms with Gasteiger partial charge in [-0.15, -0.1) is 0 Å². The monoisotopic (exact) mass is 350 g/mol. The molecule has 0 radical (unpaired) electrons. The van der Waals surface area contributed by atoms with E-state index in [1.165, 1.54) is 0 Å². The molecule has 2 heterocycles. The summed E-state index contributed by atoms with van der Waals surface area (Å²) >= 11 is 3.46. The first kappa shape index (κ1) is 14.4. The third-order valence-corrected chi connectivity index (χ3v) is 4.32. The van der Waals surface area contributed by atoms with Gasteiger partial charge in [0.1, 0.15) is 17.2 Å². The number of aryl methyl sites for hydroxylation is 2. The molecular formula is C16H19BrN2O2. The highest BCUT2D eigenvalue weighted by Gasteiger charge is 2.28. The third-order valence-electron chi connectivity index (χ3n) is 3.88. The van der Waals surface area contributed by atoms with Gasteiger partial charge in [-0.05, 0) is 61.7 Å². The van der Waals surface area contributed by atoms with E-state index in [0.717, 1.165) is 34.4 Å². The van der Waals surface area contributed by atoms with E-state index in [9.17, 15) is 4.79 Å². The van der Waals surface area contributed by atoms with Gasteiger partial charge in [0.15, 0.2) is 0 Å². The van der Waals surface area contributed by atoms with E-state index < -0.39 is 0 Å². The summed E-state index contributed by atoms with van der Waals surface area (Å²) in [5, 5.41) is 3.06. The van der Waals surface area contributed by atoms with Gasteiger partial charge < -0.3 is 14.3 Å². The predicted octanol–water partition coefficient (Wildman–Crippen LogP) is 4.29. The maximum atomic E-state index is 12.5. The van der Waals surface area contributed by atoms with Crippen LogP contribution < -0.4 is 5.32 Å². The number of hydrogen-bond acceptors (Lipinski definition) is 2. The number of furan rings is 1. The second-order valence-electron chi connectivity index (χ2n) is 5.75. The molecule has 5 heteroatoms. The van der Waals surface area contributed by atoms with Crippen LogP contribution in [0.1, 0.15) is 59.4 Å². The van der Waals surface area contributed by atoms with E-state index in [0.29, 0.717) is 11.7 Å². The molecule has 1 aliphatic carbocycles. The quantitative estimate of drug-likeness (QED) is 0.893. The van der Waals surface area contributed by atoms with E-state index in [4.69, 9.17) is 4.42 Å². The molecule has 1 aliphatic rings. The number of hydrogen-bond donors (Lipinski definition) is 1. The fourth-order valence-electron chi connectivity index (χ4n) is 2.71. The Kier molecular flexibility index (Phi) is 3.69.